The van der Waals surface area contributed by atoms with Gasteiger partial charge in [-0.15, -0.1) is 0 Å². The summed E-state index contributed by atoms with van der Waals surface area (Å²) < 4.78 is 18.9. The van der Waals surface area contributed by atoms with E-state index in [1.165, 1.54) is 12.1 Å². The number of carbonyl (C=O) groups excluding carboxylic acids is 1. The summed E-state index contributed by atoms with van der Waals surface area (Å²) in [4.78, 5) is 18.5. The smallest absolute Gasteiger partial charge is 0.321 e. The third-order valence-electron chi connectivity index (χ3n) is 4.48. The van der Waals surface area contributed by atoms with E-state index < -0.39 is 0 Å². The number of benzene rings is 2. The van der Waals surface area contributed by atoms with Gasteiger partial charge in [-0.2, -0.15) is 4.98 Å². The predicted octanol–water partition coefficient (Wildman–Crippen LogP) is 4.08. The minimum absolute atomic E-state index is 0.196. The van der Waals surface area contributed by atoms with Crippen LogP contribution in [0.5, 0.6) is 0 Å². The second-order valence-electron chi connectivity index (χ2n) is 6.33. The lowest BCUT2D eigenvalue weighted by Gasteiger charge is -2.32. The third kappa shape index (κ3) is 3.61. The van der Waals surface area contributed by atoms with E-state index in [0.29, 0.717) is 24.8 Å². The number of urea groups is 1. The van der Waals surface area contributed by atoms with Crippen LogP contribution in [0.2, 0.25) is 0 Å². The Morgan fingerprint density at radius 3 is 2.73 bits per heavy atom. The molecule has 134 valence electrons. The Balaban J connectivity index is 1.31. The molecule has 2 amide bonds. The van der Waals surface area contributed by atoms with Crippen molar-refractivity contribution in [1.82, 2.24) is 9.88 Å². The number of anilines is 2. The molecule has 0 saturated carbocycles. The Kier molecular flexibility index (Phi) is 4.43. The second-order valence-corrected chi connectivity index (χ2v) is 6.33. The van der Waals surface area contributed by atoms with Crippen LogP contribution in [0.4, 0.5) is 20.9 Å². The number of amides is 2. The number of para-hydroxylation sites is 2. The number of fused-ring (bicyclic) bond motifs is 1. The summed E-state index contributed by atoms with van der Waals surface area (Å²) in [6, 6.07) is 14.0. The number of aromatic nitrogens is 1. The topological polar surface area (TPSA) is 70.4 Å². The molecule has 3 aromatic rings. The zero-order valence-corrected chi connectivity index (χ0v) is 14.1. The molecule has 0 aliphatic carbocycles. The predicted molar refractivity (Wildman–Crippen MR) is 97.6 cm³/mol. The fraction of sp³-hybridized carbons (Fsp3) is 0.263. The highest BCUT2D eigenvalue weighted by atomic mass is 19.1. The quantitative estimate of drug-likeness (QED) is 0.744. The normalized spacial score (nSPS) is 15.2. The standard InChI is InChI=1S/C19H19FN4O2/c20-13-4-3-5-15(12-13)22-19(25)24-10-8-14(9-11-24)21-18-23-16-6-1-2-7-17(16)26-18/h1-7,12,14H,8-11H2,(H,21,23)(H,22,25). The van der Waals surface area contributed by atoms with Gasteiger partial charge in [-0.05, 0) is 43.2 Å². The molecule has 26 heavy (non-hydrogen) atoms. The molecule has 2 aromatic carbocycles. The van der Waals surface area contributed by atoms with Crippen LogP contribution in [0.25, 0.3) is 11.1 Å². The molecule has 6 nitrogen and oxygen atoms in total. The Hall–Kier alpha value is -3.09. The van der Waals surface area contributed by atoms with E-state index in [2.05, 4.69) is 15.6 Å². The number of carbonyl (C=O) groups is 1. The highest BCUT2D eigenvalue weighted by Crippen LogP contribution is 2.21. The van der Waals surface area contributed by atoms with Gasteiger partial charge >= 0.3 is 6.03 Å². The van der Waals surface area contributed by atoms with Gasteiger partial charge in [0.2, 0.25) is 0 Å². The number of piperidine rings is 1. The monoisotopic (exact) mass is 354 g/mol. The first-order chi connectivity index (χ1) is 12.7. The van der Waals surface area contributed by atoms with Crippen molar-refractivity contribution >= 4 is 28.8 Å². The molecule has 2 heterocycles. The summed E-state index contributed by atoms with van der Waals surface area (Å²) in [6.07, 6.45) is 1.57. The summed E-state index contributed by atoms with van der Waals surface area (Å²) in [5, 5.41) is 6.03. The number of rotatable bonds is 3. The number of oxazole rings is 1. The van der Waals surface area contributed by atoms with E-state index in [1.54, 1.807) is 17.0 Å². The molecule has 1 aromatic heterocycles. The molecule has 0 spiro atoms. The molecule has 0 radical (unpaired) electrons. The lowest BCUT2D eigenvalue weighted by molar-refractivity contribution is 0.196. The van der Waals surface area contributed by atoms with Crippen molar-refractivity contribution in [3.63, 3.8) is 0 Å². The van der Waals surface area contributed by atoms with Gasteiger partial charge < -0.3 is 20.0 Å². The van der Waals surface area contributed by atoms with Crippen LogP contribution in [0.1, 0.15) is 12.8 Å². The summed E-state index contributed by atoms with van der Waals surface area (Å²) in [5.41, 5.74) is 2.03. The first kappa shape index (κ1) is 16.4. The molecule has 1 aliphatic heterocycles. The number of halogens is 1. The number of likely N-dealkylation sites (tertiary alicyclic amines) is 1. The Morgan fingerprint density at radius 1 is 1.15 bits per heavy atom. The molecule has 1 fully saturated rings. The van der Waals surface area contributed by atoms with Crippen LogP contribution in [-0.2, 0) is 0 Å². The Morgan fingerprint density at radius 2 is 1.96 bits per heavy atom. The first-order valence-corrected chi connectivity index (χ1v) is 8.61. The highest BCUT2D eigenvalue weighted by Gasteiger charge is 2.24. The number of nitrogens with one attached hydrogen (secondary N) is 2. The lowest BCUT2D eigenvalue weighted by atomic mass is 10.1. The summed E-state index contributed by atoms with van der Waals surface area (Å²) in [6.45, 7) is 1.22. The van der Waals surface area contributed by atoms with Gasteiger partial charge in [0.15, 0.2) is 5.58 Å². The average Bonchev–Trinajstić information content (AvgIpc) is 3.04. The van der Waals surface area contributed by atoms with Crippen molar-refractivity contribution in [3.8, 4) is 0 Å². The lowest BCUT2D eigenvalue weighted by Crippen LogP contribution is -2.44. The minimum atomic E-state index is -0.371. The second kappa shape index (κ2) is 7.03. The third-order valence-corrected chi connectivity index (χ3v) is 4.48. The molecular weight excluding hydrogens is 335 g/mol. The highest BCUT2D eigenvalue weighted by molar-refractivity contribution is 5.89. The van der Waals surface area contributed by atoms with E-state index in [1.807, 2.05) is 24.3 Å². The van der Waals surface area contributed by atoms with Gasteiger partial charge in [-0.25, -0.2) is 9.18 Å². The number of hydrogen-bond acceptors (Lipinski definition) is 4. The maximum Gasteiger partial charge on any atom is 0.321 e. The molecular formula is C19H19FN4O2. The van der Waals surface area contributed by atoms with Crippen LogP contribution in [0.3, 0.4) is 0 Å². The van der Waals surface area contributed by atoms with Crippen molar-refractivity contribution in [2.45, 2.75) is 18.9 Å². The number of hydrogen-bond donors (Lipinski definition) is 2. The van der Waals surface area contributed by atoms with E-state index in [0.717, 1.165) is 23.9 Å². The maximum atomic E-state index is 13.2. The largest absolute Gasteiger partial charge is 0.424 e. The molecule has 4 rings (SSSR count). The zero-order valence-electron chi connectivity index (χ0n) is 14.1. The number of nitrogens with zero attached hydrogens (tertiary/aromatic N) is 2. The molecule has 2 N–H and O–H groups in total. The molecule has 0 bridgehead atoms. The van der Waals surface area contributed by atoms with Crippen LogP contribution in [0.15, 0.2) is 52.9 Å². The zero-order chi connectivity index (χ0) is 17.9. The van der Waals surface area contributed by atoms with Gasteiger partial charge in [0.05, 0.1) is 0 Å². The van der Waals surface area contributed by atoms with E-state index in [-0.39, 0.29) is 17.9 Å². The minimum Gasteiger partial charge on any atom is -0.424 e. The van der Waals surface area contributed by atoms with E-state index >= 15 is 0 Å². The van der Waals surface area contributed by atoms with Crippen molar-refractivity contribution in [3.05, 3.63) is 54.3 Å². The van der Waals surface area contributed by atoms with E-state index in [9.17, 15) is 9.18 Å². The van der Waals surface area contributed by atoms with Gasteiger partial charge in [-0.1, -0.05) is 18.2 Å². The molecule has 1 aliphatic rings. The van der Waals surface area contributed by atoms with Crippen LogP contribution < -0.4 is 10.6 Å². The van der Waals surface area contributed by atoms with Crippen molar-refractivity contribution in [1.29, 1.82) is 0 Å². The van der Waals surface area contributed by atoms with Gasteiger partial charge in [0, 0.05) is 24.8 Å². The van der Waals surface area contributed by atoms with Crippen LogP contribution >= 0.6 is 0 Å². The summed E-state index contributed by atoms with van der Waals surface area (Å²) in [7, 11) is 0. The molecule has 1 saturated heterocycles. The SMILES string of the molecule is O=C(Nc1cccc(F)c1)N1CCC(Nc2nc3ccccc3o2)CC1. The van der Waals surface area contributed by atoms with Crippen molar-refractivity contribution in [2.75, 3.05) is 23.7 Å². The fourth-order valence-electron chi connectivity index (χ4n) is 3.10. The van der Waals surface area contributed by atoms with Gasteiger partial charge in [0.25, 0.3) is 6.01 Å². The van der Waals surface area contributed by atoms with Crippen molar-refractivity contribution in [2.24, 2.45) is 0 Å². The molecule has 7 heteroatoms. The van der Waals surface area contributed by atoms with Crippen molar-refractivity contribution < 1.29 is 13.6 Å². The van der Waals surface area contributed by atoms with Crippen LogP contribution in [0, 0.1) is 5.82 Å². The maximum absolute atomic E-state index is 13.2. The van der Waals surface area contributed by atoms with Gasteiger partial charge in [-0.3, -0.25) is 0 Å². The fourth-order valence-corrected chi connectivity index (χ4v) is 3.10. The van der Waals surface area contributed by atoms with Crippen LogP contribution in [-0.4, -0.2) is 35.0 Å². The Labute approximate surface area is 150 Å². The first-order valence-electron chi connectivity index (χ1n) is 8.61. The van der Waals surface area contributed by atoms with E-state index in [4.69, 9.17) is 4.42 Å². The summed E-state index contributed by atoms with van der Waals surface area (Å²) in [5.74, 6) is -0.371. The molecule has 0 atom stereocenters. The van der Waals surface area contributed by atoms with Gasteiger partial charge in [0.1, 0.15) is 11.3 Å². The average molecular weight is 354 g/mol. The summed E-state index contributed by atoms with van der Waals surface area (Å²) >= 11 is 0. The molecule has 0 unspecified atom stereocenters. The Bertz CT molecular complexity index is 886.